The second kappa shape index (κ2) is 5.88. The van der Waals surface area contributed by atoms with E-state index in [1.807, 2.05) is 0 Å². The zero-order valence-corrected chi connectivity index (χ0v) is 12.6. The van der Waals surface area contributed by atoms with Crippen molar-refractivity contribution < 1.29 is 27.4 Å². The molecule has 0 aliphatic carbocycles. The van der Waals surface area contributed by atoms with Crippen LogP contribution in [-0.4, -0.2) is 49.6 Å². The van der Waals surface area contributed by atoms with Crippen molar-refractivity contribution in [1.82, 2.24) is 4.31 Å². The lowest BCUT2D eigenvalue weighted by Gasteiger charge is -2.21. The largest absolute Gasteiger partial charge is 0.480 e. The Morgan fingerprint density at radius 3 is 2.76 bits per heavy atom. The van der Waals surface area contributed by atoms with Crippen molar-refractivity contribution in [3.05, 3.63) is 29.0 Å². The summed E-state index contributed by atoms with van der Waals surface area (Å²) in [4.78, 5) is 10.6. The molecule has 116 valence electrons. The monoisotopic (exact) mass is 337 g/mol. The van der Waals surface area contributed by atoms with Crippen LogP contribution in [0.4, 0.5) is 4.39 Å². The fourth-order valence-corrected chi connectivity index (χ4v) is 4.18. The first kappa shape index (κ1) is 16.2. The molecular formula is C12H13ClFNO5S. The van der Waals surface area contributed by atoms with Gasteiger partial charge < -0.3 is 9.84 Å². The molecule has 1 fully saturated rings. The van der Waals surface area contributed by atoms with Crippen molar-refractivity contribution in [3.63, 3.8) is 0 Å². The number of hydrogen-bond acceptors (Lipinski definition) is 4. The summed E-state index contributed by atoms with van der Waals surface area (Å²) in [5, 5.41) is 8.81. The smallest absolute Gasteiger partial charge is 0.322 e. The SMILES string of the molecule is COC1CC(C(=O)O)N(S(=O)(=O)c2cccc(Cl)c2F)C1. The van der Waals surface area contributed by atoms with Gasteiger partial charge in [-0.3, -0.25) is 4.79 Å². The molecule has 0 aromatic heterocycles. The fraction of sp³-hybridized carbons (Fsp3) is 0.417. The molecular weight excluding hydrogens is 325 g/mol. The Morgan fingerprint density at radius 1 is 1.52 bits per heavy atom. The van der Waals surface area contributed by atoms with Gasteiger partial charge in [0, 0.05) is 20.1 Å². The van der Waals surface area contributed by atoms with Gasteiger partial charge in [0.25, 0.3) is 0 Å². The van der Waals surface area contributed by atoms with Crippen LogP contribution < -0.4 is 0 Å². The summed E-state index contributed by atoms with van der Waals surface area (Å²) in [6, 6.07) is 2.26. The van der Waals surface area contributed by atoms with Crippen LogP contribution in [0, 0.1) is 5.82 Å². The molecule has 1 heterocycles. The Balaban J connectivity index is 2.47. The van der Waals surface area contributed by atoms with Crippen LogP contribution in [0.3, 0.4) is 0 Å². The minimum Gasteiger partial charge on any atom is -0.480 e. The summed E-state index contributed by atoms with van der Waals surface area (Å²) in [7, 11) is -2.96. The molecule has 0 bridgehead atoms. The molecule has 1 N–H and O–H groups in total. The predicted octanol–water partition coefficient (Wildman–Crippen LogP) is 1.34. The number of carbonyl (C=O) groups is 1. The maximum absolute atomic E-state index is 13.9. The van der Waals surface area contributed by atoms with Crippen LogP contribution in [0.2, 0.25) is 5.02 Å². The van der Waals surface area contributed by atoms with Crippen molar-refractivity contribution in [2.75, 3.05) is 13.7 Å². The first-order valence-electron chi connectivity index (χ1n) is 6.00. The molecule has 1 aromatic rings. The normalized spacial score (nSPS) is 23.4. The van der Waals surface area contributed by atoms with Crippen LogP contribution in [0.1, 0.15) is 6.42 Å². The number of ether oxygens (including phenoxy) is 1. The molecule has 2 rings (SSSR count). The van der Waals surface area contributed by atoms with E-state index in [4.69, 9.17) is 21.4 Å². The molecule has 2 atom stereocenters. The highest BCUT2D eigenvalue weighted by atomic mass is 35.5. The van der Waals surface area contributed by atoms with E-state index in [0.717, 1.165) is 10.4 Å². The van der Waals surface area contributed by atoms with Crippen LogP contribution in [0.25, 0.3) is 0 Å². The second-order valence-electron chi connectivity index (χ2n) is 4.57. The van der Waals surface area contributed by atoms with Gasteiger partial charge in [-0.05, 0) is 12.1 Å². The summed E-state index contributed by atoms with van der Waals surface area (Å²) >= 11 is 5.58. The molecule has 1 aromatic carbocycles. The van der Waals surface area contributed by atoms with Crippen LogP contribution in [0.5, 0.6) is 0 Å². The van der Waals surface area contributed by atoms with E-state index in [2.05, 4.69) is 0 Å². The zero-order valence-electron chi connectivity index (χ0n) is 11.0. The Kier molecular flexibility index (Phi) is 4.52. The van der Waals surface area contributed by atoms with E-state index in [0.29, 0.717) is 0 Å². The van der Waals surface area contributed by atoms with Gasteiger partial charge in [-0.25, -0.2) is 12.8 Å². The fourth-order valence-electron chi connectivity index (χ4n) is 2.24. The lowest BCUT2D eigenvalue weighted by molar-refractivity contribution is -0.140. The van der Waals surface area contributed by atoms with Gasteiger partial charge >= 0.3 is 5.97 Å². The molecule has 0 spiro atoms. The summed E-state index contributed by atoms with van der Waals surface area (Å²) < 4.78 is 44.7. The van der Waals surface area contributed by atoms with Crippen molar-refractivity contribution in [2.24, 2.45) is 0 Å². The summed E-state index contributed by atoms with van der Waals surface area (Å²) in [5.74, 6) is -2.40. The van der Waals surface area contributed by atoms with E-state index in [1.54, 1.807) is 0 Å². The van der Waals surface area contributed by atoms with Gasteiger partial charge in [0.1, 0.15) is 10.9 Å². The first-order chi connectivity index (χ1) is 9.78. The maximum Gasteiger partial charge on any atom is 0.322 e. The Labute approximate surface area is 126 Å². The van der Waals surface area contributed by atoms with Crippen LogP contribution in [0.15, 0.2) is 23.1 Å². The van der Waals surface area contributed by atoms with E-state index in [9.17, 15) is 17.6 Å². The zero-order chi connectivity index (χ0) is 15.8. The standard InChI is InChI=1S/C12H13ClFNO5S/c1-20-7-5-9(12(16)17)15(6-7)21(18,19)10-4-2-3-8(13)11(10)14/h2-4,7,9H,5-6H2,1H3,(H,16,17). The second-order valence-corrected chi connectivity index (χ2v) is 6.84. The number of rotatable bonds is 4. The van der Waals surface area contributed by atoms with Crippen LogP contribution >= 0.6 is 11.6 Å². The van der Waals surface area contributed by atoms with E-state index in [1.165, 1.54) is 19.2 Å². The molecule has 0 amide bonds. The van der Waals surface area contributed by atoms with Crippen molar-refractivity contribution >= 4 is 27.6 Å². The number of methoxy groups -OCH3 is 1. The molecule has 1 saturated heterocycles. The molecule has 0 radical (unpaired) electrons. The Hall–Kier alpha value is -1.22. The summed E-state index contributed by atoms with van der Waals surface area (Å²) in [6.07, 6.45) is -0.545. The van der Waals surface area contributed by atoms with Crippen molar-refractivity contribution in [3.8, 4) is 0 Å². The molecule has 9 heteroatoms. The third kappa shape index (κ3) is 2.89. The highest BCUT2D eigenvalue weighted by Gasteiger charge is 2.45. The number of benzene rings is 1. The highest BCUT2D eigenvalue weighted by molar-refractivity contribution is 7.89. The van der Waals surface area contributed by atoms with Gasteiger partial charge in [0.05, 0.1) is 11.1 Å². The van der Waals surface area contributed by atoms with Gasteiger partial charge in [-0.1, -0.05) is 17.7 Å². The number of carboxylic acids is 1. The molecule has 0 saturated carbocycles. The first-order valence-corrected chi connectivity index (χ1v) is 7.82. The van der Waals surface area contributed by atoms with Gasteiger partial charge in [0.2, 0.25) is 10.0 Å². The minimum atomic E-state index is -4.32. The molecule has 21 heavy (non-hydrogen) atoms. The van der Waals surface area contributed by atoms with Gasteiger partial charge in [-0.2, -0.15) is 4.31 Å². The topological polar surface area (TPSA) is 83.9 Å². The van der Waals surface area contributed by atoms with E-state index < -0.39 is 38.9 Å². The molecule has 1 aliphatic rings. The molecule has 1 aliphatic heterocycles. The molecule has 2 unspecified atom stereocenters. The Morgan fingerprint density at radius 2 is 2.19 bits per heavy atom. The lowest BCUT2D eigenvalue weighted by Crippen LogP contribution is -2.40. The number of halogens is 2. The summed E-state index contributed by atoms with van der Waals surface area (Å²) in [6.45, 7) is -0.151. The maximum atomic E-state index is 13.9. The Bertz CT molecular complexity index is 666. The minimum absolute atomic E-state index is 0.00719. The van der Waals surface area contributed by atoms with Gasteiger partial charge in [0.15, 0.2) is 5.82 Å². The quantitative estimate of drug-likeness (QED) is 0.896. The summed E-state index contributed by atoms with van der Waals surface area (Å²) in [5.41, 5.74) is 0. The third-order valence-electron chi connectivity index (χ3n) is 3.34. The van der Waals surface area contributed by atoms with Gasteiger partial charge in [-0.15, -0.1) is 0 Å². The number of sulfonamides is 1. The highest BCUT2D eigenvalue weighted by Crippen LogP contribution is 2.30. The molecule has 6 nitrogen and oxygen atoms in total. The third-order valence-corrected chi connectivity index (χ3v) is 5.52. The van der Waals surface area contributed by atoms with Crippen molar-refractivity contribution in [2.45, 2.75) is 23.5 Å². The van der Waals surface area contributed by atoms with Crippen LogP contribution in [-0.2, 0) is 19.6 Å². The number of carboxylic acid groups (broad SMARTS) is 1. The van der Waals surface area contributed by atoms with E-state index >= 15 is 0 Å². The lowest BCUT2D eigenvalue weighted by atomic mass is 10.2. The van der Waals surface area contributed by atoms with Crippen molar-refractivity contribution in [1.29, 1.82) is 0 Å². The predicted molar refractivity (Wildman–Crippen MR) is 72.1 cm³/mol. The number of nitrogens with zero attached hydrogens (tertiary/aromatic N) is 1. The average molecular weight is 338 g/mol. The number of hydrogen-bond donors (Lipinski definition) is 1. The average Bonchev–Trinajstić information content (AvgIpc) is 2.87. The van der Waals surface area contributed by atoms with E-state index in [-0.39, 0.29) is 18.0 Å². The number of aliphatic carboxylic acids is 1.